The summed E-state index contributed by atoms with van der Waals surface area (Å²) in [5.41, 5.74) is 16.3. The average Bonchev–Trinajstić information content (AvgIpc) is 2.70. The van der Waals surface area contributed by atoms with Crippen molar-refractivity contribution in [2.75, 3.05) is 12.3 Å². The molecule has 0 saturated heterocycles. The van der Waals surface area contributed by atoms with Crippen molar-refractivity contribution in [3.63, 3.8) is 0 Å². The van der Waals surface area contributed by atoms with E-state index in [4.69, 9.17) is 17.2 Å². The number of thiol groups is 1. The highest BCUT2D eigenvalue weighted by Gasteiger charge is 2.31. The molecule has 0 radical (unpaired) electrons. The molecule has 4 atom stereocenters. The molecule has 12 nitrogen and oxygen atoms in total. The maximum atomic E-state index is 12.7. The van der Waals surface area contributed by atoms with Crippen LogP contribution in [0.2, 0.25) is 0 Å². The van der Waals surface area contributed by atoms with E-state index in [0.29, 0.717) is 6.42 Å². The lowest BCUT2D eigenvalue weighted by Crippen LogP contribution is -2.59. The first-order chi connectivity index (χ1) is 14.8. The van der Waals surface area contributed by atoms with Crippen molar-refractivity contribution in [2.45, 2.75) is 64.7 Å². The molecule has 3 amide bonds. The predicted octanol–water partition coefficient (Wildman–Crippen LogP) is -1.85. The van der Waals surface area contributed by atoms with Crippen LogP contribution in [0.3, 0.4) is 0 Å². The highest BCUT2D eigenvalue weighted by atomic mass is 32.1. The Bertz CT molecular complexity index is 683. The van der Waals surface area contributed by atoms with Gasteiger partial charge in [0.05, 0.1) is 6.04 Å². The van der Waals surface area contributed by atoms with Crippen LogP contribution in [0.4, 0.5) is 0 Å². The van der Waals surface area contributed by atoms with Crippen LogP contribution in [0.5, 0.6) is 0 Å². The second-order valence-electron chi connectivity index (χ2n) is 8.09. The monoisotopic (exact) mass is 475 g/mol. The Hall–Kier alpha value is -2.54. The largest absolute Gasteiger partial charge is 0.480 e. The molecule has 10 N–H and O–H groups in total. The van der Waals surface area contributed by atoms with Gasteiger partial charge in [-0.15, -0.1) is 0 Å². The van der Waals surface area contributed by atoms with Gasteiger partial charge in [0.1, 0.15) is 18.1 Å². The highest BCUT2D eigenvalue weighted by molar-refractivity contribution is 7.80. The first-order valence-electron chi connectivity index (χ1n) is 10.4. The van der Waals surface area contributed by atoms with E-state index in [1.54, 1.807) is 27.7 Å². The first kappa shape index (κ1) is 29.5. The molecule has 184 valence electrons. The van der Waals surface area contributed by atoms with Crippen molar-refractivity contribution < 1.29 is 24.3 Å². The molecule has 0 aliphatic heterocycles. The van der Waals surface area contributed by atoms with Crippen molar-refractivity contribution in [2.24, 2.45) is 34.0 Å². The Kier molecular flexibility index (Phi) is 13.4. The van der Waals surface area contributed by atoms with Gasteiger partial charge in [-0.3, -0.25) is 19.4 Å². The predicted molar refractivity (Wildman–Crippen MR) is 125 cm³/mol. The highest BCUT2D eigenvalue weighted by Crippen LogP contribution is 2.07. The van der Waals surface area contributed by atoms with Gasteiger partial charge in [-0.1, -0.05) is 27.7 Å². The summed E-state index contributed by atoms with van der Waals surface area (Å²) in [6.07, 6.45) is 0.427. The number of guanidine groups is 1. The van der Waals surface area contributed by atoms with Crippen molar-refractivity contribution in [3.05, 3.63) is 0 Å². The lowest BCUT2D eigenvalue weighted by molar-refractivity contribution is -0.142. The van der Waals surface area contributed by atoms with Gasteiger partial charge in [-0.05, 0) is 24.7 Å². The SMILES string of the molecule is CC(C)[C@H](N)C(=O)N[C@@H](CS)C(=O)N[C@H](C(=O)N[C@@H](CCCN=C(N)N)C(=O)O)C(C)C. The number of hydrogen-bond acceptors (Lipinski definition) is 7. The number of carbonyl (C=O) groups is 4. The standard InChI is InChI=1S/C19H37N7O5S/c1-9(2)13(20)16(28)25-12(8-32)15(27)26-14(10(3)4)17(29)24-11(18(30)31)6-5-7-23-19(21)22/h9-14,32H,5-8,20H2,1-4H3,(H,24,29)(H,25,28)(H,26,27)(H,30,31)(H4,21,22,23)/t11-,12-,13-,14-/m0/s1. The summed E-state index contributed by atoms with van der Waals surface area (Å²) >= 11 is 4.10. The van der Waals surface area contributed by atoms with Gasteiger partial charge in [0, 0.05) is 12.3 Å². The molecule has 0 aromatic heterocycles. The molecule has 13 heteroatoms. The molecular formula is C19H37N7O5S. The van der Waals surface area contributed by atoms with Crippen LogP contribution in [0.15, 0.2) is 4.99 Å². The molecule has 0 spiro atoms. The zero-order valence-electron chi connectivity index (χ0n) is 19.0. The van der Waals surface area contributed by atoms with E-state index in [1.165, 1.54) is 0 Å². The minimum atomic E-state index is -1.22. The lowest BCUT2D eigenvalue weighted by atomic mass is 10.0. The average molecular weight is 476 g/mol. The molecule has 0 aromatic rings. The first-order valence-corrected chi connectivity index (χ1v) is 11.0. The number of carboxylic acid groups (broad SMARTS) is 1. The molecule has 0 saturated carbocycles. The Morgan fingerprint density at radius 2 is 1.47 bits per heavy atom. The number of nitrogens with two attached hydrogens (primary N) is 3. The third-order valence-electron chi connectivity index (χ3n) is 4.64. The van der Waals surface area contributed by atoms with Gasteiger partial charge in [-0.25, -0.2) is 4.79 Å². The molecule has 0 bridgehead atoms. The number of hydrogen-bond donors (Lipinski definition) is 8. The summed E-state index contributed by atoms with van der Waals surface area (Å²) in [5, 5.41) is 16.9. The zero-order chi connectivity index (χ0) is 25.0. The molecule has 0 unspecified atom stereocenters. The third kappa shape index (κ3) is 10.7. The minimum absolute atomic E-state index is 0.0165. The Morgan fingerprint density at radius 3 is 1.91 bits per heavy atom. The van der Waals surface area contributed by atoms with E-state index < -0.39 is 47.9 Å². The lowest BCUT2D eigenvalue weighted by Gasteiger charge is -2.27. The van der Waals surface area contributed by atoms with Gasteiger partial charge in [0.15, 0.2) is 5.96 Å². The molecule has 0 aliphatic rings. The summed E-state index contributed by atoms with van der Waals surface area (Å²) in [6, 6.07) is -4.02. The fourth-order valence-electron chi connectivity index (χ4n) is 2.58. The normalized spacial score (nSPS) is 14.8. The van der Waals surface area contributed by atoms with E-state index >= 15 is 0 Å². The van der Waals surface area contributed by atoms with Crippen molar-refractivity contribution >= 4 is 42.3 Å². The van der Waals surface area contributed by atoms with E-state index in [9.17, 15) is 24.3 Å². The van der Waals surface area contributed by atoms with Crippen molar-refractivity contribution in [1.82, 2.24) is 16.0 Å². The Balaban J connectivity index is 5.15. The van der Waals surface area contributed by atoms with Crippen LogP contribution in [-0.2, 0) is 19.2 Å². The number of aliphatic carboxylic acids is 1. The van der Waals surface area contributed by atoms with Crippen LogP contribution in [0, 0.1) is 11.8 Å². The summed E-state index contributed by atoms with van der Waals surface area (Å²) in [5.74, 6) is -3.63. The van der Waals surface area contributed by atoms with Crippen molar-refractivity contribution in [3.8, 4) is 0 Å². The third-order valence-corrected chi connectivity index (χ3v) is 5.01. The van der Waals surface area contributed by atoms with Crippen LogP contribution in [0.25, 0.3) is 0 Å². The van der Waals surface area contributed by atoms with E-state index in [-0.39, 0.29) is 36.5 Å². The fourth-order valence-corrected chi connectivity index (χ4v) is 2.83. The second kappa shape index (κ2) is 14.5. The Labute approximate surface area is 193 Å². The molecule has 0 heterocycles. The zero-order valence-corrected chi connectivity index (χ0v) is 19.9. The molecule has 0 fully saturated rings. The quantitative estimate of drug-likeness (QED) is 0.0616. The van der Waals surface area contributed by atoms with Crippen LogP contribution in [0.1, 0.15) is 40.5 Å². The number of carbonyl (C=O) groups excluding carboxylic acids is 3. The van der Waals surface area contributed by atoms with Gasteiger partial charge in [0.2, 0.25) is 17.7 Å². The van der Waals surface area contributed by atoms with Crippen LogP contribution in [-0.4, -0.2) is 71.2 Å². The number of aliphatic imine (C=N–C) groups is 1. The second-order valence-corrected chi connectivity index (χ2v) is 8.46. The van der Waals surface area contributed by atoms with E-state index in [0.717, 1.165) is 0 Å². The molecular weight excluding hydrogens is 438 g/mol. The van der Waals surface area contributed by atoms with Gasteiger partial charge < -0.3 is 38.3 Å². The number of amides is 3. The van der Waals surface area contributed by atoms with E-state index in [1.807, 2.05) is 0 Å². The summed E-state index contributed by atoms with van der Waals surface area (Å²) < 4.78 is 0. The number of carboxylic acids is 1. The Morgan fingerprint density at radius 1 is 0.906 bits per heavy atom. The van der Waals surface area contributed by atoms with Gasteiger partial charge in [-0.2, -0.15) is 12.6 Å². The molecule has 0 aliphatic carbocycles. The van der Waals surface area contributed by atoms with Gasteiger partial charge >= 0.3 is 5.97 Å². The topological polar surface area (TPSA) is 215 Å². The summed E-state index contributed by atoms with van der Waals surface area (Å²) in [6.45, 7) is 7.16. The minimum Gasteiger partial charge on any atom is -0.480 e. The van der Waals surface area contributed by atoms with E-state index in [2.05, 4.69) is 33.6 Å². The number of rotatable bonds is 14. The summed E-state index contributed by atoms with van der Waals surface area (Å²) in [7, 11) is 0. The number of nitrogens with one attached hydrogen (secondary N) is 3. The maximum absolute atomic E-state index is 12.7. The van der Waals surface area contributed by atoms with Crippen LogP contribution >= 0.6 is 12.6 Å². The van der Waals surface area contributed by atoms with Crippen molar-refractivity contribution in [1.29, 1.82) is 0 Å². The molecule has 32 heavy (non-hydrogen) atoms. The summed E-state index contributed by atoms with van der Waals surface area (Å²) in [4.78, 5) is 52.9. The maximum Gasteiger partial charge on any atom is 0.326 e. The van der Waals surface area contributed by atoms with Gasteiger partial charge in [0.25, 0.3) is 0 Å². The fraction of sp³-hybridized carbons (Fsp3) is 0.737. The molecule has 0 rings (SSSR count). The van der Waals surface area contributed by atoms with Crippen LogP contribution < -0.4 is 33.2 Å². The molecule has 0 aromatic carbocycles. The smallest absolute Gasteiger partial charge is 0.326 e. The number of nitrogens with zero attached hydrogens (tertiary/aromatic N) is 1.